The van der Waals surface area contributed by atoms with Gasteiger partial charge in [0.15, 0.2) is 0 Å². The quantitative estimate of drug-likeness (QED) is 0.222. The number of aryl methyl sites for hydroxylation is 2. The molecule has 1 aliphatic rings. The van der Waals surface area contributed by atoms with Crippen molar-refractivity contribution in [2.45, 2.75) is 26.3 Å². The number of benzene rings is 2. The van der Waals surface area contributed by atoms with Crippen LogP contribution in [-0.2, 0) is 4.79 Å². The van der Waals surface area contributed by atoms with Gasteiger partial charge in [0.05, 0.1) is 12.2 Å². The Morgan fingerprint density at radius 1 is 1.30 bits per heavy atom. The third-order valence-corrected chi connectivity index (χ3v) is 6.03. The molecule has 0 radical (unpaired) electrons. The number of aliphatic carboxylic acids is 1. The third-order valence-electron chi connectivity index (χ3n) is 5.77. The largest absolute Gasteiger partial charge is 0.477 e. The van der Waals surface area contributed by atoms with Crippen LogP contribution in [0.2, 0.25) is 0 Å². The first-order chi connectivity index (χ1) is 14.4. The Hall–Kier alpha value is -3.04. The third kappa shape index (κ3) is 3.73. The van der Waals surface area contributed by atoms with E-state index in [1.165, 1.54) is 0 Å². The number of nitrogens with zero attached hydrogens (tertiary/aromatic N) is 4. The maximum Gasteiger partial charge on any atom is 0.369 e. The Kier molecular flexibility index (Phi) is 5.40. The molecule has 0 amide bonds. The Bertz CT molecular complexity index is 1120. The minimum absolute atomic E-state index is 0.358. The van der Waals surface area contributed by atoms with Crippen molar-refractivity contribution in [1.82, 2.24) is 24.7 Å². The van der Waals surface area contributed by atoms with E-state index in [0.717, 1.165) is 47.7 Å². The predicted octanol–water partition coefficient (Wildman–Crippen LogP) is 3.22. The summed E-state index contributed by atoms with van der Waals surface area (Å²) in [5, 5.41) is 23.4. The van der Waals surface area contributed by atoms with Crippen LogP contribution in [0.5, 0.6) is 0 Å². The van der Waals surface area contributed by atoms with Crippen LogP contribution in [0.3, 0.4) is 0 Å². The minimum atomic E-state index is -0.719. The van der Waals surface area contributed by atoms with E-state index in [-0.39, 0.29) is 6.04 Å². The molecule has 30 heavy (non-hydrogen) atoms. The molecule has 1 aliphatic heterocycles. The highest BCUT2D eigenvalue weighted by Gasteiger charge is 2.62. The minimum Gasteiger partial charge on any atom is -0.477 e. The van der Waals surface area contributed by atoms with Gasteiger partial charge in [0, 0.05) is 29.8 Å². The molecule has 156 valence electrons. The van der Waals surface area contributed by atoms with Gasteiger partial charge in [0.2, 0.25) is 10.8 Å². The number of tetrazole rings is 1. The Morgan fingerprint density at radius 3 is 2.67 bits per heavy atom. The average molecular weight is 426 g/mol. The van der Waals surface area contributed by atoms with Crippen LogP contribution >= 0.6 is 12.2 Å². The van der Waals surface area contributed by atoms with E-state index in [1.54, 1.807) is 4.68 Å². The molecular formula is C21H25N6O2S+. The van der Waals surface area contributed by atoms with E-state index < -0.39 is 5.97 Å². The summed E-state index contributed by atoms with van der Waals surface area (Å²) in [5.74, 6) is -0.719. The lowest BCUT2D eigenvalue weighted by molar-refractivity contribution is -0.137. The number of para-hydroxylation sites is 1. The molecule has 4 rings (SSSR count). The first-order valence-corrected chi connectivity index (χ1v) is 10.3. The van der Waals surface area contributed by atoms with E-state index >= 15 is 0 Å². The molecule has 2 aromatic carbocycles. The van der Waals surface area contributed by atoms with E-state index in [9.17, 15) is 9.90 Å². The monoisotopic (exact) mass is 425 g/mol. The molecule has 1 aromatic heterocycles. The van der Waals surface area contributed by atoms with E-state index in [1.807, 2.05) is 30.3 Å². The van der Waals surface area contributed by atoms with Gasteiger partial charge in [-0.2, -0.15) is 5.21 Å². The Labute approximate surface area is 179 Å². The van der Waals surface area contributed by atoms with Crippen molar-refractivity contribution in [1.29, 1.82) is 0 Å². The molecule has 1 fully saturated rings. The number of hydrogen-bond donors (Lipinski definition) is 3. The molecule has 0 bridgehead atoms. The van der Waals surface area contributed by atoms with Crippen molar-refractivity contribution in [3.05, 3.63) is 58.4 Å². The first-order valence-electron chi connectivity index (χ1n) is 9.93. The van der Waals surface area contributed by atoms with Crippen LogP contribution in [0, 0.1) is 18.6 Å². The molecule has 3 N–H and O–H groups in total. The summed E-state index contributed by atoms with van der Waals surface area (Å²) in [5.41, 5.74) is 5.29. The topological polar surface area (TPSA) is 95.8 Å². The SMILES string of the molecule is Cc1cccc(C)c1[N+]1(CCCNc2cccc(-n3[nH]nnc3=S)c2)CC1C(=O)O. The number of hydrogen-bond acceptors (Lipinski definition) is 5. The van der Waals surface area contributed by atoms with Crippen molar-refractivity contribution in [2.75, 3.05) is 25.0 Å². The highest BCUT2D eigenvalue weighted by molar-refractivity contribution is 7.71. The van der Waals surface area contributed by atoms with Gasteiger partial charge >= 0.3 is 5.97 Å². The summed E-state index contributed by atoms with van der Waals surface area (Å²) in [6.45, 7) is 6.32. The van der Waals surface area contributed by atoms with Gasteiger partial charge in [0.25, 0.3) is 0 Å². The van der Waals surface area contributed by atoms with Crippen LogP contribution in [0.1, 0.15) is 17.5 Å². The lowest BCUT2D eigenvalue weighted by atomic mass is 10.1. The van der Waals surface area contributed by atoms with E-state index in [4.69, 9.17) is 12.2 Å². The fourth-order valence-corrected chi connectivity index (χ4v) is 4.57. The number of anilines is 1. The molecule has 8 nitrogen and oxygen atoms in total. The second-order valence-electron chi connectivity index (χ2n) is 7.78. The number of nitrogens with one attached hydrogen (secondary N) is 2. The van der Waals surface area contributed by atoms with Gasteiger partial charge in [-0.25, -0.2) is 9.48 Å². The van der Waals surface area contributed by atoms with Gasteiger partial charge in [0.1, 0.15) is 12.2 Å². The second kappa shape index (κ2) is 8.00. The second-order valence-corrected chi connectivity index (χ2v) is 8.15. The summed E-state index contributed by atoms with van der Waals surface area (Å²) < 4.78 is 2.54. The number of aromatic nitrogens is 4. The molecule has 0 saturated carbocycles. The maximum atomic E-state index is 11.7. The highest BCUT2D eigenvalue weighted by atomic mass is 32.1. The number of carbonyl (C=O) groups is 1. The van der Waals surface area contributed by atoms with Gasteiger partial charge in [-0.3, -0.25) is 4.48 Å². The number of quaternary nitrogens is 1. The maximum absolute atomic E-state index is 11.7. The summed E-state index contributed by atoms with van der Waals surface area (Å²) in [6, 6.07) is 13.6. The molecule has 1 saturated heterocycles. The lowest BCUT2D eigenvalue weighted by Crippen LogP contribution is -2.36. The molecule has 9 heteroatoms. The zero-order chi connectivity index (χ0) is 21.3. The van der Waals surface area contributed by atoms with Crippen LogP contribution in [0.4, 0.5) is 11.4 Å². The van der Waals surface area contributed by atoms with E-state index in [0.29, 0.717) is 15.8 Å². The molecule has 2 heterocycles. The summed E-state index contributed by atoms with van der Waals surface area (Å²) in [7, 11) is 0. The summed E-state index contributed by atoms with van der Waals surface area (Å²) in [6.07, 6.45) is 0.854. The van der Waals surface area contributed by atoms with Crippen LogP contribution in [0.15, 0.2) is 42.5 Å². The molecular weight excluding hydrogens is 400 g/mol. The molecule has 3 aromatic rings. The van der Waals surface area contributed by atoms with Gasteiger partial charge in [-0.15, -0.1) is 0 Å². The zero-order valence-electron chi connectivity index (χ0n) is 17.0. The summed E-state index contributed by atoms with van der Waals surface area (Å²) >= 11 is 5.15. The van der Waals surface area contributed by atoms with Gasteiger partial charge in [-0.05, 0) is 44.3 Å². The number of carboxylic acids is 1. The zero-order valence-corrected chi connectivity index (χ0v) is 17.8. The average Bonchev–Trinajstić information content (AvgIpc) is 3.29. The normalized spacial score (nSPS) is 20.1. The Balaban J connectivity index is 1.44. The van der Waals surface area contributed by atoms with Gasteiger partial charge in [-0.1, -0.05) is 34.6 Å². The number of rotatable bonds is 8. The highest BCUT2D eigenvalue weighted by Crippen LogP contribution is 2.43. The fraction of sp³-hybridized carbons (Fsp3) is 0.333. The van der Waals surface area contributed by atoms with Crippen LogP contribution < -0.4 is 9.80 Å². The van der Waals surface area contributed by atoms with Crippen molar-refractivity contribution >= 4 is 29.6 Å². The van der Waals surface area contributed by atoms with Crippen molar-refractivity contribution in [3.63, 3.8) is 0 Å². The Morgan fingerprint density at radius 2 is 2.03 bits per heavy atom. The number of H-pyrrole nitrogens is 1. The number of carboxylic acid groups (broad SMARTS) is 1. The molecule has 0 aliphatic carbocycles. The van der Waals surface area contributed by atoms with Crippen molar-refractivity contribution in [2.24, 2.45) is 0 Å². The smallest absolute Gasteiger partial charge is 0.369 e. The lowest BCUT2D eigenvalue weighted by Gasteiger charge is -2.23. The van der Waals surface area contributed by atoms with Gasteiger partial charge < -0.3 is 10.4 Å². The predicted molar refractivity (Wildman–Crippen MR) is 119 cm³/mol. The molecule has 2 unspecified atom stereocenters. The van der Waals surface area contributed by atoms with Crippen LogP contribution in [0.25, 0.3) is 5.69 Å². The van der Waals surface area contributed by atoms with E-state index in [2.05, 4.69) is 46.8 Å². The fourth-order valence-electron chi connectivity index (χ4n) is 4.38. The summed E-state index contributed by atoms with van der Waals surface area (Å²) in [4.78, 5) is 11.7. The van der Waals surface area contributed by atoms with Crippen molar-refractivity contribution < 1.29 is 9.90 Å². The number of aromatic amines is 1. The van der Waals surface area contributed by atoms with Crippen molar-refractivity contribution in [3.8, 4) is 5.69 Å². The van der Waals surface area contributed by atoms with Crippen LogP contribution in [-0.4, -0.2) is 57.0 Å². The molecule has 0 spiro atoms. The standard InChI is InChI=1S/C21H24N6O2S/c1-14-6-3-7-15(2)19(14)27(13-18(27)20(28)29)11-5-10-22-16-8-4-9-17(12-16)26-21(30)23-24-25-26/h3-4,6-9,12,18,22H,5,10-11,13H2,1-2H3,(H-,23,25,28,29,30)/p+1. The first kappa shape index (κ1) is 20.2. The molecule has 2 atom stereocenters.